The molecule has 118 valence electrons. The van der Waals surface area contributed by atoms with E-state index in [0.29, 0.717) is 23.6 Å². The van der Waals surface area contributed by atoms with Crippen molar-refractivity contribution in [3.63, 3.8) is 0 Å². The monoisotopic (exact) mass is 312 g/mol. The molecular formula is C16H16N4O3. The van der Waals surface area contributed by atoms with Crippen LogP contribution < -0.4 is 4.90 Å². The van der Waals surface area contributed by atoms with Crippen LogP contribution in [0.15, 0.2) is 28.8 Å². The number of nitriles is 1. The molecule has 0 amide bonds. The van der Waals surface area contributed by atoms with Gasteiger partial charge in [0.25, 0.3) is 5.69 Å². The van der Waals surface area contributed by atoms with E-state index in [1.54, 1.807) is 24.1 Å². The molecule has 0 saturated carbocycles. The van der Waals surface area contributed by atoms with E-state index < -0.39 is 4.92 Å². The predicted octanol–water partition coefficient (Wildman–Crippen LogP) is 3.37. The van der Waals surface area contributed by atoms with E-state index in [1.165, 1.54) is 18.2 Å². The fourth-order valence-electron chi connectivity index (χ4n) is 2.30. The molecule has 0 fully saturated rings. The van der Waals surface area contributed by atoms with Gasteiger partial charge in [0, 0.05) is 31.3 Å². The Morgan fingerprint density at radius 1 is 1.48 bits per heavy atom. The van der Waals surface area contributed by atoms with Crippen molar-refractivity contribution in [3.05, 3.63) is 57.0 Å². The largest absolute Gasteiger partial charge is 0.365 e. The molecule has 0 aliphatic heterocycles. The van der Waals surface area contributed by atoms with Crippen molar-refractivity contribution < 1.29 is 9.45 Å². The number of rotatable bonds is 5. The minimum atomic E-state index is -0.428. The highest BCUT2D eigenvalue weighted by atomic mass is 16.6. The highest BCUT2D eigenvalue weighted by molar-refractivity contribution is 5.68. The summed E-state index contributed by atoms with van der Waals surface area (Å²) in [7, 11) is 1.78. The summed E-state index contributed by atoms with van der Waals surface area (Å²) in [4.78, 5) is 12.7. The van der Waals surface area contributed by atoms with Gasteiger partial charge in [-0.05, 0) is 31.6 Å². The molecule has 0 radical (unpaired) electrons. The molecule has 0 unspecified atom stereocenters. The van der Waals surface area contributed by atoms with E-state index in [9.17, 15) is 10.1 Å². The number of nitro benzene ring substituents is 1. The molecule has 1 heterocycles. The summed E-state index contributed by atoms with van der Waals surface area (Å²) in [6.07, 6.45) is 2.82. The van der Waals surface area contributed by atoms with Gasteiger partial charge in [-0.15, -0.1) is 0 Å². The fourth-order valence-corrected chi connectivity index (χ4v) is 2.30. The Morgan fingerprint density at radius 2 is 2.22 bits per heavy atom. The third kappa shape index (κ3) is 3.55. The van der Waals surface area contributed by atoms with E-state index >= 15 is 0 Å². The topological polar surface area (TPSA) is 96.2 Å². The highest BCUT2D eigenvalue weighted by Crippen LogP contribution is 2.30. The molecule has 1 aromatic heterocycles. The maximum absolute atomic E-state index is 11.3. The Hall–Kier alpha value is -3.14. The summed E-state index contributed by atoms with van der Waals surface area (Å²) in [5.74, 6) is 0.700. The van der Waals surface area contributed by atoms with Crippen molar-refractivity contribution in [2.24, 2.45) is 0 Å². The third-order valence-corrected chi connectivity index (χ3v) is 3.53. The van der Waals surface area contributed by atoms with Crippen LogP contribution in [0.3, 0.4) is 0 Å². The lowest BCUT2D eigenvalue weighted by atomic mass is 10.1. The SMILES string of the molecule is Cc1noc(C)c1CN(C)c1ccc(/C=C/C#N)cc1[N+](=O)[O-]. The molecular weight excluding hydrogens is 296 g/mol. The van der Waals surface area contributed by atoms with Gasteiger partial charge in [-0.3, -0.25) is 10.1 Å². The molecule has 0 aliphatic rings. The average Bonchev–Trinajstić information content (AvgIpc) is 2.84. The van der Waals surface area contributed by atoms with Gasteiger partial charge in [-0.2, -0.15) is 5.26 Å². The van der Waals surface area contributed by atoms with Crippen molar-refractivity contribution in [1.82, 2.24) is 5.16 Å². The summed E-state index contributed by atoms with van der Waals surface area (Å²) in [5, 5.41) is 23.8. The van der Waals surface area contributed by atoms with Crippen molar-refractivity contribution in [1.29, 1.82) is 5.26 Å². The number of nitrogens with zero attached hydrogens (tertiary/aromatic N) is 4. The van der Waals surface area contributed by atoms with Crippen molar-refractivity contribution >= 4 is 17.5 Å². The lowest BCUT2D eigenvalue weighted by Crippen LogP contribution is -2.18. The van der Waals surface area contributed by atoms with Gasteiger partial charge < -0.3 is 9.42 Å². The lowest BCUT2D eigenvalue weighted by molar-refractivity contribution is -0.384. The molecule has 23 heavy (non-hydrogen) atoms. The molecule has 0 spiro atoms. The molecule has 7 heteroatoms. The Morgan fingerprint density at radius 3 is 2.78 bits per heavy atom. The van der Waals surface area contributed by atoms with Crippen LogP contribution in [-0.2, 0) is 6.54 Å². The Balaban J connectivity index is 2.36. The second-order valence-corrected chi connectivity index (χ2v) is 5.13. The van der Waals surface area contributed by atoms with Gasteiger partial charge in [-0.25, -0.2) is 0 Å². The first kappa shape index (κ1) is 16.2. The van der Waals surface area contributed by atoms with Crippen molar-refractivity contribution in [2.45, 2.75) is 20.4 Å². The number of aryl methyl sites for hydroxylation is 2. The maximum atomic E-state index is 11.3. The molecule has 0 bridgehead atoms. The summed E-state index contributed by atoms with van der Waals surface area (Å²) in [5.41, 5.74) is 2.76. The number of nitro groups is 1. The normalized spacial score (nSPS) is 10.7. The number of benzene rings is 1. The van der Waals surface area contributed by atoms with E-state index in [2.05, 4.69) is 5.16 Å². The fraction of sp³-hybridized carbons (Fsp3) is 0.250. The zero-order chi connectivity index (χ0) is 17.0. The summed E-state index contributed by atoms with van der Waals surface area (Å²) >= 11 is 0. The van der Waals surface area contributed by atoms with Crippen molar-refractivity contribution in [3.8, 4) is 6.07 Å². The van der Waals surface area contributed by atoms with Gasteiger partial charge >= 0.3 is 0 Å². The molecule has 0 aliphatic carbocycles. The van der Waals surface area contributed by atoms with Gasteiger partial charge in [-0.1, -0.05) is 11.2 Å². The molecule has 0 N–H and O–H groups in total. The van der Waals surface area contributed by atoms with Gasteiger partial charge in [0.15, 0.2) is 0 Å². The first-order chi connectivity index (χ1) is 10.9. The molecule has 1 aromatic carbocycles. The Labute approximate surface area is 133 Å². The molecule has 2 rings (SSSR count). The number of anilines is 1. The Bertz CT molecular complexity index is 783. The molecule has 7 nitrogen and oxygen atoms in total. The van der Waals surface area contributed by atoms with Gasteiger partial charge in [0.2, 0.25) is 0 Å². The molecule has 0 saturated heterocycles. The van der Waals surface area contributed by atoms with Gasteiger partial charge in [0.05, 0.1) is 16.7 Å². The van der Waals surface area contributed by atoms with E-state index in [1.807, 2.05) is 19.9 Å². The number of hydrogen-bond donors (Lipinski definition) is 0. The molecule has 2 aromatic rings. The summed E-state index contributed by atoms with van der Waals surface area (Å²) < 4.78 is 5.12. The average molecular weight is 312 g/mol. The smallest absolute Gasteiger partial charge is 0.293 e. The van der Waals surface area contributed by atoms with E-state index in [4.69, 9.17) is 9.78 Å². The van der Waals surface area contributed by atoms with Crippen LogP contribution in [-0.4, -0.2) is 17.1 Å². The summed E-state index contributed by atoms with van der Waals surface area (Å²) in [6.45, 7) is 4.10. The van der Waals surface area contributed by atoms with Crippen LogP contribution in [0.2, 0.25) is 0 Å². The first-order valence-corrected chi connectivity index (χ1v) is 6.91. The van der Waals surface area contributed by atoms with Crippen LogP contribution >= 0.6 is 0 Å². The standard InChI is InChI=1S/C16H16N4O3/c1-11-14(12(2)23-18-11)10-19(3)15-7-6-13(5-4-8-17)9-16(15)20(21)22/h4-7,9H,10H2,1-3H3/b5-4+. The third-order valence-electron chi connectivity index (χ3n) is 3.53. The molecule has 0 atom stereocenters. The lowest BCUT2D eigenvalue weighted by Gasteiger charge is -2.19. The quantitative estimate of drug-likeness (QED) is 0.477. The second kappa shape index (κ2) is 6.75. The zero-order valence-electron chi connectivity index (χ0n) is 13.1. The maximum Gasteiger partial charge on any atom is 0.293 e. The number of allylic oxidation sites excluding steroid dienone is 1. The van der Waals surface area contributed by atoms with Crippen LogP contribution in [0.5, 0.6) is 0 Å². The summed E-state index contributed by atoms with van der Waals surface area (Å²) in [6, 6.07) is 6.73. The number of aromatic nitrogens is 1. The van der Waals surface area contributed by atoms with Crippen LogP contribution in [0.4, 0.5) is 11.4 Å². The minimum absolute atomic E-state index is 0.0145. The Kier molecular flexibility index (Phi) is 4.76. The number of hydrogen-bond acceptors (Lipinski definition) is 6. The van der Waals surface area contributed by atoms with Crippen LogP contribution in [0, 0.1) is 35.3 Å². The zero-order valence-corrected chi connectivity index (χ0v) is 13.1. The van der Waals surface area contributed by atoms with E-state index in [0.717, 1.165) is 11.3 Å². The van der Waals surface area contributed by atoms with Crippen LogP contribution in [0.1, 0.15) is 22.6 Å². The minimum Gasteiger partial charge on any atom is -0.365 e. The second-order valence-electron chi connectivity index (χ2n) is 5.13. The van der Waals surface area contributed by atoms with E-state index in [-0.39, 0.29) is 5.69 Å². The van der Waals surface area contributed by atoms with Gasteiger partial charge in [0.1, 0.15) is 11.4 Å². The van der Waals surface area contributed by atoms with Crippen LogP contribution in [0.25, 0.3) is 6.08 Å². The first-order valence-electron chi connectivity index (χ1n) is 6.91. The van der Waals surface area contributed by atoms with Crippen molar-refractivity contribution in [2.75, 3.05) is 11.9 Å². The highest BCUT2D eigenvalue weighted by Gasteiger charge is 2.20. The predicted molar refractivity (Wildman–Crippen MR) is 85.8 cm³/mol.